The maximum Gasteiger partial charge on any atom is 0.323 e. The van der Waals surface area contributed by atoms with Crippen LogP contribution in [0.4, 0.5) is 5.69 Å². The quantitative estimate of drug-likeness (QED) is 0.220. The van der Waals surface area contributed by atoms with Crippen molar-refractivity contribution in [3.05, 3.63) is 28.7 Å². The lowest BCUT2D eigenvalue weighted by Gasteiger charge is -2.20. The zero-order valence-electron chi connectivity index (χ0n) is 10.8. The van der Waals surface area contributed by atoms with E-state index in [0.717, 1.165) is 54.9 Å². The lowest BCUT2D eigenvalue weighted by atomic mass is 10.1. The van der Waals surface area contributed by atoms with E-state index in [2.05, 4.69) is 20.0 Å². The lowest BCUT2D eigenvalue weighted by molar-refractivity contribution is -0.235. The normalized spacial score (nSPS) is 16.6. The molecule has 0 spiro atoms. The third kappa shape index (κ3) is 3.34. The molecule has 1 saturated heterocycles. The Hall–Kier alpha value is -1.48. The van der Waals surface area contributed by atoms with E-state index in [-0.39, 0.29) is 11.8 Å². The Morgan fingerprint density at radius 2 is 2.00 bits per heavy atom. The van der Waals surface area contributed by atoms with Crippen LogP contribution in [0.5, 0.6) is 0 Å². The fourth-order valence-electron chi connectivity index (χ4n) is 2.13. The van der Waals surface area contributed by atoms with Crippen LogP contribution in [-0.4, -0.2) is 29.2 Å². The number of nitrogens with one attached hydrogen (secondary N) is 4. The van der Waals surface area contributed by atoms with Crippen LogP contribution in [0.3, 0.4) is 0 Å². The molecule has 0 unspecified atom stereocenters. The van der Waals surface area contributed by atoms with Crippen molar-refractivity contribution in [2.75, 3.05) is 17.8 Å². The van der Waals surface area contributed by atoms with E-state index >= 15 is 0 Å². The van der Waals surface area contributed by atoms with Gasteiger partial charge in [0.1, 0.15) is 12.2 Å². The van der Waals surface area contributed by atoms with Crippen LogP contribution in [0.1, 0.15) is 12.8 Å². The number of aromatic nitrogens is 2. The van der Waals surface area contributed by atoms with Gasteiger partial charge in [-0.1, -0.05) is 0 Å². The molecule has 1 aliphatic rings. The van der Waals surface area contributed by atoms with Gasteiger partial charge in [0, 0.05) is 5.69 Å². The maximum atomic E-state index is 11.1. The summed E-state index contributed by atoms with van der Waals surface area (Å²) < 4.78 is 8.10. The third-order valence-electron chi connectivity index (χ3n) is 3.17. The Morgan fingerprint density at radius 3 is 2.85 bits per heavy atom. The second-order valence-electron chi connectivity index (χ2n) is 4.64. The van der Waals surface area contributed by atoms with Crippen LogP contribution in [-0.2, 0) is 9.22 Å². The molecule has 20 heavy (non-hydrogen) atoms. The van der Waals surface area contributed by atoms with Gasteiger partial charge in [-0.05, 0) is 44.1 Å². The van der Waals surface area contributed by atoms with Crippen molar-refractivity contribution >= 4 is 28.9 Å². The predicted molar refractivity (Wildman–Crippen MR) is 78.2 cm³/mol. The van der Waals surface area contributed by atoms with Gasteiger partial charge >= 0.3 is 5.69 Å². The molecular weight excluding hydrogens is 280 g/mol. The van der Waals surface area contributed by atoms with Gasteiger partial charge in [-0.15, -0.1) is 4.33 Å². The zero-order valence-corrected chi connectivity index (χ0v) is 11.6. The van der Waals surface area contributed by atoms with E-state index in [1.807, 2.05) is 18.2 Å². The molecule has 1 aromatic heterocycles. The van der Waals surface area contributed by atoms with Gasteiger partial charge < -0.3 is 20.0 Å². The number of hydrogen-bond donors (Lipinski definition) is 4. The largest absolute Gasteiger partial charge is 0.323 e. The Kier molecular flexibility index (Phi) is 4.26. The summed E-state index contributed by atoms with van der Waals surface area (Å²) in [5, 5.41) is 3.26. The highest BCUT2D eigenvalue weighted by molar-refractivity contribution is 7.95. The number of H-pyrrole nitrogens is 2. The minimum absolute atomic E-state index is 0.147. The fraction of sp³-hybridized carbons (Fsp3) is 0.417. The number of benzene rings is 1. The van der Waals surface area contributed by atoms with Crippen molar-refractivity contribution in [3.8, 4) is 0 Å². The van der Waals surface area contributed by atoms with E-state index in [0.29, 0.717) is 0 Å². The molecule has 1 aromatic carbocycles. The molecule has 0 aliphatic carbocycles. The van der Waals surface area contributed by atoms with Crippen LogP contribution in [0, 0.1) is 0 Å². The summed E-state index contributed by atoms with van der Waals surface area (Å²) in [4.78, 5) is 21.8. The van der Waals surface area contributed by atoms with Gasteiger partial charge in [-0.2, -0.15) is 0 Å². The number of imidazole rings is 1. The van der Waals surface area contributed by atoms with Crippen LogP contribution >= 0.6 is 12.2 Å². The Balaban J connectivity index is 1.48. The van der Waals surface area contributed by atoms with Gasteiger partial charge in [-0.3, -0.25) is 0 Å². The first-order chi connectivity index (χ1) is 9.81. The summed E-state index contributed by atoms with van der Waals surface area (Å²) in [6, 6.07) is 5.50. The first kappa shape index (κ1) is 13.5. The molecule has 0 saturated carbocycles. The average Bonchev–Trinajstić information content (AvgIpc) is 2.84. The average molecular weight is 296 g/mol. The highest BCUT2D eigenvalue weighted by Gasteiger charge is 2.14. The van der Waals surface area contributed by atoms with E-state index in [9.17, 15) is 4.79 Å². The van der Waals surface area contributed by atoms with Crippen molar-refractivity contribution < 1.29 is 9.22 Å². The number of piperidine rings is 1. The Bertz CT molecular complexity index is 620. The molecule has 1 fully saturated rings. The fourth-order valence-corrected chi connectivity index (χ4v) is 2.54. The Morgan fingerprint density at radius 1 is 1.20 bits per heavy atom. The summed E-state index contributed by atoms with van der Waals surface area (Å²) in [7, 11) is 0. The second kappa shape index (κ2) is 6.31. The first-order valence-corrected chi connectivity index (χ1v) is 7.23. The molecule has 4 N–H and O–H groups in total. The van der Waals surface area contributed by atoms with E-state index in [1.54, 1.807) is 0 Å². The van der Waals surface area contributed by atoms with Crippen molar-refractivity contribution in [2.24, 2.45) is 0 Å². The summed E-state index contributed by atoms with van der Waals surface area (Å²) >= 11 is 1.02. The predicted octanol–water partition coefficient (Wildman–Crippen LogP) is 1.53. The zero-order chi connectivity index (χ0) is 13.8. The summed E-state index contributed by atoms with van der Waals surface area (Å²) in [6.07, 6.45) is 2.06. The molecule has 1 aliphatic heterocycles. The van der Waals surface area contributed by atoms with Crippen molar-refractivity contribution in [3.63, 3.8) is 0 Å². The SMILES string of the molecule is O=c1[nH]c2ccc(NSOOC3CCNCC3)cc2[nH]1. The molecule has 3 rings (SSSR count). The minimum Gasteiger partial charge on any atom is -0.317 e. The van der Waals surface area contributed by atoms with Gasteiger partial charge in [0.2, 0.25) is 0 Å². The minimum atomic E-state index is -0.213. The number of rotatable bonds is 5. The van der Waals surface area contributed by atoms with Crippen LogP contribution in [0.2, 0.25) is 0 Å². The van der Waals surface area contributed by atoms with Gasteiger partial charge in [0.05, 0.1) is 17.1 Å². The summed E-state index contributed by atoms with van der Waals surface area (Å²) in [5.74, 6) is 0. The molecular formula is C12H16N4O3S. The van der Waals surface area contributed by atoms with Gasteiger partial charge in [0.15, 0.2) is 0 Å². The second-order valence-corrected chi connectivity index (χ2v) is 5.15. The molecule has 2 heterocycles. The maximum absolute atomic E-state index is 11.1. The number of anilines is 1. The monoisotopic (exact) mass is 296 g/mol. The molecule has 8 heteroatoms. The number of hydrogen-bond acceptors (Lipinski definition) is 6. The molecule has 108 valence electrons. The standard InChI is InChI=1S/C12H16N4O3S/c17-12-14-10-2-1-8(7-11(10)15-12)16-20-19-18-9-3-5-13-6-4-9/h1-2,7,9,13,16H,3-6H2,(H2,14,15,17). The topological polar surface area (TPSA) is 91.2 Å². The van der Waals surface area contributed by atoms with Crippen molar-refractivity contribution in [1.82, 2.24) is 15.3 Å². The molecule has 0 amide bonds. The van der Waals surface area contributed by atoms with Crippen LogP contribution in [0.15, 0.2) is 23.0 Å². The molecule has 7 nitrogen and oxygen atoms in total. The van der Waals surface area contributed by atoms with E-state index in [1.165, 1.54) is 0 Å². The Labute approximate surface area is 119 Å². The van der Waals surface area contributed by atoms with Gasteiger partial charge in [0.25, 0.3) is 0 Å². The van der Waals surface area contributed by atoms with E-state index in [4.69, 9.17) is 9.22 Å². The molecule has 0 radical (unpaired) electrons. The van der Waals surface area contributed by atoms with Crippen LogP contribution < -0.4 is 15.7 Å². The summed E-state index contributed by atoms with van der Waals surface area (Å²) in [5.41, 5.74) is 2.14. The number of aromatic amines is 2. The molecule has 0 atom stereocenters. The van der Waals surface area contributed by atoms with Gasteiger partial charge in [-0.25, -0.2) is 9.68 Å². The smallest absolute Gasteiger partial charge is 0.317 e. The van der Waals surface area contributed by atoms with Crippen molar-refractivity contribution in [1.29, 1.82) is 0 Å². The third-order valence-corrected chi connectivity index (χ3v) is 3.64. The highest BCUT2D eigenvalue weighted by Crippen LogP contribution is 2.19. The molecule has 0 bridgehead atoms. The van der Waals surface area contributed by atoms with Crippen molar-refractivity contribution in [2.45, 2.75) is 18.9 Å². The highest BCUT2D eigenvalue weighted by atomic mass is 32.2. The van der Waals surface area contributed by atoms with E-state index < -0.39 is 0 Å². The lowest BCUT2D eigenvalue weighted by Crippen LogP contribution is -2.32. The number of fused-ring (bicyclic) bond motifs is 1. The first-order valence-electron chi connectivity index (χ1n) is 6.49. The summed E-state index contributed by atoms with van der Waals surface area (Å²) in [6.45, 7) is 1.92. The molecule has 2 aromatic rings. The van der Waals surface area contributed by atoms with Crippen LogP contribution in [0.25, 0.3) is 11.0 Å².